The SMILES string of the molecule is Cn1nc2c(cc1=O)CN(Cc1nc3ccccc3s1)CC2. The zero-order valence-corrected chi connectivity index (χ0v) is 13.1. The molecule has 0 saturated carbocycles. The van der Waals surface area contributed by atoms with Gasteiger partial charge in [0.15, 0.2) is 0 Å². The van der Waals surface area contributed by atoms with Crippen LogP contribution in [0.25, 0.3) is 10.2 Å². The second-order valence-corrected chi connectivity index (χ2v) is 6.73. The van der Waals surface area contributed by atoms with Gasteiger partial charge in [-0.1, -0.05) is 12.1 Å². The molecule has 0 bridgehead atoms. The molecular weight excluding hydrogens is 296 g/mol. The van der Waals surface area contributed by atoms with Gasteiger partial charge >= 0.3 is 0 Å². The van der Waals surface area contributed by atoms with E-state index in [1.807, 2.05) is 12.1 Å². The summed E-state index contributed by atoms with van der Waals surface area (Å²) in [5.41, 5.74) is 3.12. The Morgan fingerprint density at radius 1 is 1.32 bits per heavy atom. The lowest BCUT2D eigenvalue weighted by molar-refractivity contribution is 0.241. The molecule has 4 rings (SSSR count). The quantitative estimate of drug-likeness (QED) is 0.726. The number of hydrogen-bond acceptors (Lipinski definition) is 5. The minimum Gasteiger partial charge on any atom is -0.292 e. The van der Waals surface area contributed by atoms with Gasteiger partial charge in [-0.05, 0) is 17.7 Å². The van der Waals surface area contributed by atoms with Crippen LogP contribution in [-0.2, 0) is 26.6 Å². The molecule has 0 radical (unpaired) electrons. The normalized spacial score (nSPS) is 15.1. The van der Waals surface area contributed by atoms with Crippen LogP contribution in [0.1, 0.15) is 16.3 Å². The van der Waals surface area contributed by atoms with Gasteiger partial charge in [0.05, 0.1) is 22.5 Å². The third kappa shape index (κ3) is 2.44. The van der Waals surface area contributed by atoms with Gasteiger partial charge in [-0.15, -0.1) is 11.3 Å². The molecule has 22 heavy (non-hydrogen) atoms. The van der Waals surface area contributed by atoms with Crippen LogP contribution in [0.5, 0.6) is 0 Å². The van der Waals surface area contributed by atoms with Crippen LogP contribution in [-0.4, -0.2) is 26.2 Å². The molecule has 112 valence electrons. The van der Waals surface area contributed by atoms with Crippen LogP contribution in [0.15, 0.2) is 35.1 Å². The Bertz CT molecular complexity index is 866. The molecule has 3 aromatic rings. The van der Waals surface area contributed by atoms with Gasteiger partial charge in [0.2, 0.25) is 0 Å². The van der Waals surface area contributed by atoms with Gasteiger partial charge in [0.1, 0.15) is 5.01 Å². The highest BCUT2D eigenvalue weighted by atomic mass is 32.1. The largest absolute Gasteiger partial charge is 0.292 e. The predicted octanol–water partition coefficient (Wildman–Crippen LogP) is 1.95. The highest BCUT2D eigenvalue weighted by molar-refractivity contribution is 7.18. The van der Waals surface area contributed by atoms with E-state index >= 15 is 0 Å². The maximum Gasteiger partial charge on any atom is 0.266 e. The molecule has 3 heterocycles. The molecule has 6 heteroatoms. The number of nitrogens with zero attached hydrogens (tertiary/aromatic N) is 4. The lowest BCUT2D eigenvalue weighted by Crippen LogP contribution is -2.33. The van der Waals surface area contributed by atoms with Crippen molar-refractivity contribution in [3.8, 4) is 0 Å². The zero-order chi connectivity index (χ0) is 15.1. The van der Waals surface area contributed by atoms with E-state index in [0.29, 0.717) is 0 Å². The molecule has 0 N–H and O–H groups in total. The molecule has 5 nitrogen and oxygen atoms in total. The number of rotatable bonds is 2. The Morgan fingerprint density at radius 2 is 2.18 bits per heavy atom. The Morgan fingerprint density at radius 3 is 3.05 bits per heavy atom. The summed E-state index contributed by atoms with van der Waals surface area (Å²) in [6, 6.07) is 9.93. The Labute approximate surface area is 131 Å². The number of aryl methyl sites for hydroxylation is 1. The van der Waals surface area contributed by atoms with E-state index in [-0.39, 0.29) is 5.56 Å². The summed E-state index contributed by atoms with van der Waals surface area (Å²) in [5, 5.41) is 5.48. The van der Waals surface area contributed by atoms with Crippen molar-refractivity contribution in [2.45, 2.75) is 19.5 Å². The van der Waals surface area contributed by atoms with E-state index < -0.39 is 0 Å². The van der Waals surface area contributed by atoms with Crippen molar-refractivity contribution in [2.24, 2.45) is 7.05 Å². The second kappa shape index (κ2) is 5.30. The summed E-state index contributed by atoms with van der Waals surface area (Å²) >= 11 is 1.74. The van der Waals surface area contributed by atoms with Crippen LogP contribution >= 0.6 is 11.3 Å². The number of hydrogen-bond donors (Lipinski definition) is 0. The number of aromatic nitrogens is 3. The first-order valence-corrected chi connectivity index (χ1v) is 8.13. The first-order chi connectivity index (χ1) is 10.7. The van der Waals surface area contributed by atoms with Crippen molar-refractivity contribution in [1.82, 2.24) is 19.7 Å². The average Bonchev–Trinajstić information content (AvgIpc) is 2.91. The lowest BCUT2D eigenvalue weighted by atomic mass is 10.1. The van der Waals surface area contributed by atoms with E-state index in [2.05, 4.69) is 27.1 Å². The minimum absolute atomic E-state index is 0.0411. The van der Waals surface area contributed by atoms with Gasteiger partial charge in [-0.2, -0.15) is 5.10 Å². The van der Waals surface area contributed by atoms with Crippen molar-refractivity contribution >= 4 is 21.6 Å². The van der Waals surface area contributed by atoms with Crippen LogP contribution < -0.4 is 5.56 Å². The first-order valence-electron chi connectivity index (χ1n) is 7.32. The molecule has 0 unspecified atom stereocenters. The molecule has 1 aromatic carbocycles. The van der Waals surface area contributed by atoms with Gasteiger partial charge < -0.3 is 0 Å². The van der Waals surface area contributed by atoms with E-state index in [0.717, 1.165) is 47.8 Å². The Kier molecular flexibility index (Phi) is 3.28. The highest BCUT2D eigenvalue weighted by Crippen LogP contribution is 2.24. The molecular formula is C16H16N4OS. The molecule has 0 amide bonds. The number of thiazole rings is 1. The fourth-order valence-corrected chi connectivity index (χ4v) is 3.88. The second-order valence-electron chi connectivity index (χ2n) is 5.61. The topological polar surface area (TPSA) is 51.0 Å². The summed E-state index contributed by atoms with van der Waals surface area (Å²) in [7, 11) is 1.70. The Hall–Kier alpha value is -2.05. The first kappa shape index (κ1) is 13.6. The van der Waals surface area contributed by atoms with Crippen LogP contribution in [0.2, 0.25) is 0 Å². The van der Waals surface area contributed by atoms with Crippen molar-refractivity contribution in [1.29, 1.82) is 0 Å². The summed E-state index contributed by atoms with van der Waals surface area (Å²) in [5.74, 6) is 0. The Balaban J connectivity index is 1.57. The lowest BCUT2D eigenvalue weighted by Gasteiger charge is -2.27. The summed E-state index contributed by atoms with van der Waals surface area (Å²) in [4.78, 5) is 18.8. The van der Waals surface area contributed by atoms with Gasteiger partial charge in [0.25, 0.3) is 5.56 Å². The molecule has 0 atom stereocenters. The van der Waals surface area contributed by atoms with Crippen molar-refractivity contribution in [3.05, 3.63) is 57.0 Å². The van der Waals surface area contributed by atoms with E-state index in [9.17, 15) is 4.79 Å². The fourth-order valence-electron chi connectivity index (χ4n) is 2.87. The molecule has 0 aliphatic carbocycles. The van der Waals surface area contributed by atoms with E-state index in [4.69, 9.17) is 0 Å². The molecule has 2 aromatic heterocycles. The number of fused-ring (bicyclic) bond motifs is 2. The summed E-state index contributed by atoms with van der Waals surface area (Å²) in [6.07, 6.45) is 0.883. The van der Waals surface area contributed by atoms with E-state index in [1.165, 1.54) is 9.38 Å². The molecule has 1 aliphatic rings. The maximum absolute atomic E-state index is 11.7. The van der Waals surface area contributed by atoms with E-state index in [1.54, 1.807) is 24.5 Å². The van der Waals surface area contributed by atoms with Crippen molar-refractivity contribution < 1.29 is 0 Å². The van der Waals surface area contributed by atoms with Gasteiger partial charge in [-0.25, -0.2) is 9.67 Å². The minimum atomic E-state index is -0.0411. The van der Waals surface area contributed by atoms with Crippen molar-refractivity contribution in [2.75, 3.05) is 6.54 Å². The number of benzene rings is 1. The standard InChI is InChI=1S/C16H16N4OS/c1-19-16(21)8-11-9-20(7-6-12(11)18-19)10-15-17-13-4-2-3-5-14(13)22-15/h2-5,8H,6-7,9-10H2,1H3. The van der Waals surface area contributed by atoms with Crippen LogP contribution in [0, 0.1) is 0 Å². The van der Waals surface area contributed by atoms with Crippen LogP contribution in [0.4, 0.5) is 0 Å². The maximum atomic E-state index is 11.7. The fraction of sp³-hybridized carbons (Fsp3) is 0.312. The molecule has 0 spiro atoms. The van der Waals surface area contributed by atoms with Gasteiger partial charge in [0, 0.05) is 32.6 Å². The third-order valence-corrected chi connectivity index (χ3v) is 5.04. The predicted molar refractivity (Wildman–Crippen MR) is 86.9 cm³/mol. The molecule has 1 aliphatic heterocycles. The smallest absolute Gasteiger partial charge is 0.266 e. The number of para-hydroxylation sites is 1. The highest BCUT2D eigenvalue weighted by Gasteiger charge is 2.19. The molecule has 0 fully saturated rings. The zero-order valence-electron chi connectivity index (χ0n) is 12.3. The summed E-state index contributed by atoms with van der Waals surface area (Å²) in [6.45, 7) is 2.55. The van der Waals surface area contributed by atoms with Crippen LogP contribution in [0.3, 0.4) is 0 Å². The van der Waals surface area contributed by atoms with Gasteiger partial charge in [-0.3, -0.25) is 9.69 Å². The molecule has 0 saturated heterocycles. The third-order valence-electron chi connectivity index (χ3n) is 4.01. The average molecular weight is 312 g/mol. The van der Waals surface area contributed by atoms with Crippen molar-refractivity contribution in [3.63, 3.8) is 0 Å². The monoisotopic (exact) mass is 312 g/mol. The summed E-state index contributed by atoms with van der Waals surface area (Å²) < 4.78 is 2.65.